The molecule has 152 valence electrons. The average Bonchev–Trinajstić information content (AvgIpc) is 2.47. The molecule has 1 N–H and O–H groups in total. The highest BCUT2D eigenvalue weighted by Crippen LogP contribution is 2.31. The number of hydrogen-bond donors (Lipinski definition) is 1. The van der Waals surface area contributed by atoms with Gasteiger partial charge in [0.15, 0.2) is 0 Å². The van der Waals surface area contributed by atoms with Crippen molar-refractivity contribution in [1.82, 2.24) is 0 Å². The Balaban J connectivity index is 6.54. The highest BCUT2D eigenvalue weighted by atomic mass is 32.2. The van der Waals surface area contributed by atoms with Crippen LogP contribution in [0.3, 0.4) is 0 Å². The van der Waals surface area contributed by atoms with Gasteiger partial charge in [0, 0.05) is 39.6 Å². The van der Waals surface area contributed by atoms with Crippen LogP contribution in [0.15, 0.2) is 0 Å². The van der Waals surface area contributed by atoms with Gasteiger partial charge in [0.05, 0.1) is 0 Å². The topological polar surface area (TPSA) is 110 Å². The Kier molecular flexibility index (Phi) is 11.8. The summed E-state index contributed by atoms with van der Waals surface area (Å²) < 4.78 is 67.4. The molecule has 0 fully saturated rings. The molecular weight excluding hydrogens is 388 g/mol. The standard InChI is InChI=1S/C13H32O9SSi2/c1-7-17-24(18-8-2,19-9-3)13(23(14,15)16)25(20-10-4,21-11-5)22-12-6/h13H,7-12H2,1-6H3,(H,14,15,16). The molecule has 12 heteroatoms. The van der Waals surface area contributed by atoms with Gasteiger partial charge in [0.1, 0.15) is 0 Å². The first-order chi connectivity index (χ1) is 11.7. The van der Waals surface area contributed by atoms with Gasteiger partial charge < -0.3 is 26.6 Å². The van der Waals surface area contributed by atoms with E-state index in [-0.39, 0.29) is 39.6 Å². The highest BCUT2D eigenvalue weighted by Gasteiger charge is 2.72. The van der Waals surface area contributed by atoms with Crippen molar-refractivity contribution in [1.29, 1.82) is 0 Å². The van der Waals surface area contributed by atoms with Gasteiger partial charge in [-0.25, -0.2) is 0 Å². The zero-order valence-corrected chi connectivity index (χ0v) is 18.8. The molecule has 0 spiro atoms. The molecule has 0 aliphatic heterocycles. The lowest BCUT2D eigenvalue weighted by Crippen LogP contribution is -2.73. The third kappa shape index (κ3) is 6.64. The lowest BCUT2D eigenvalue weighted by atomic mass is 10.9. The SMILES string of the molecule is CCO[Si](OCC)(OCC)C([Si](OCC)(OCC)OCC)S(=O)(=O)O. The number of rotatable bonds is 15. The van der Waals surface area contributed by atoms with Crippen LogP contribution in [0.2, 0.25) is 0 Å². The molecule has 0 unspecified atom stereocenters. The van der Waals surface area contributed by atoms with E-state index in [9.17, 15) is 13.0 Å². The monoisotopic (exact) mass is 420 g/mol. The van der Waals surface area contributed by atoms with E-state index in [2.05, 4.69) is 0 Å². The molecule has 0 radical (unpaired) electrons. The molecule has 0 saturated carbocycles. The maximum Gasteiger partial charge on any atom is 0.527 e. The molecular formula is C13H32O9SSi2. The van der Waals surface area contributed by atoms with E-state index in [1.165, 1.54) is 0 Å². The molecule has 0 rings (SSSR count). The quantitative estimate of drug-likeness (QED) is 0.310. The summed E-state index contributed by atoms with van der Waals surface area (Å²) in [5.74, 6) is 0. The Morgan fingerprint density at radius 3 is 0.960 bits per heavy atom. The second-order valence-electron chi connectivity index (χ2n) is 4.70. The number of hydrogen-bond acceptors (Lipinski definition) is 8. The van der Waals surface area contributed by atoms with Crippen molar-refractivity contribution in [2.24, 2.45) is 0 Å². The molecule has 0 aliphatic carbocycles. The van der Waals surface area contributed by atoms with E-state index in [0.29, 0.717) is 0 Å². The summed E-state index contributed by atoms with van der Waals surface area (Å²) in [4.78, 5) is 0. The van der Waals surface area contributed by atoms with Crippen LogP contribution in [0, 0.1) is 0 Å². The van der Waals surface area contributed by atoms with Crippen LogP contribution < -0.4 is 0 Å². The van der Waals surface area contributed by atoms with Crippen molar-refractivity contribution >= 4 is 27.7 Å². The minimum absolute atomic E-state index is 0.132. The summed E-state index contributed by atoms with van der Waals surface area (Å²) in [6.07, 6.45) is 0. The van der Waals surface area contributed by atoms with Gasteiger partial charge in [-0.15, -0.1) is 0 Å². The molecule has 0 heterocycles. The van der Waals surface area contributed by atoms with Crippen LogP contribution in [0.1, 0.15) is 41.5 Å². The van der Waals surface area contributed by atoms with E-state index < -0.39 is 32.2 Å². The van der Waals surface area contributed by atoms with Crippen LogP contribution >= 0.6 is 0 Å². The second kappa shape index (κ2) is 11.7. The first-order valence-corrected chi connectivity index (χ1v) is 13.6. The Bertz CT molecular complexity index is 400. The maximum absolute atomic E-state index is 12.4. The summed E-state index contributed by atoms with van der Waals surface area (Å²) in [6, 6.07) is 0. The van der Waals surface area contributed by atoms with Crippen molar-refractivity contribution in [3.8, 4) is 0 Å². The van der Waals surface area contributed by atoms with Crippen LogP contribution in [-0.4, -0.2) is 74.7 Å². The molecule has 25 heavy (non-hydrogen) atoms. The molecule has 0 aromatic heterocycles. The molecule has 0 amide bonds. The zero-order chi connectivity index (χ0) is 19.6. The Morgan fingerprint density at radius 2 is 0.840 bits per heavy atom. The maximum atomic E-state index is 12.4. The Hall–Kier alpha value is 0.104. The second-order valence-corrected chi connectivity index (χ2v) is 12.9. The first-order valence-electron chi connectivity index (χ1n) is 8.53. The smallest absolute Gasteiger partial charge is 0.373 e. The molecule has 0 aromatic rings. The summed E-state index contributed by atoms with van der Waals surface area (Å²) >= 11 is 0. The van der Waals surface area contributed by atoms with Crippen molar-refractivity contribution in [3.05, 3.63) is 0 Å². The van der Waals surface area contributed by atoms with Crippen molar-refractivity contribution in [3.63, 3.8) is 0 Å². The van der Waals surface area contributed by atoms with E-state index in [4.69, 9.17) is 26.6 Å². The Labute approximate surface area is 153 Å². The molecule has 0 aliphatic rings. The fraction of sp³-hybridized carbons (Fsp3) is 1.00. The molecule has 9 nitrogen and oxygen atoms in total. The Morgan fingerprint density at radius 1 is 0.640 bits per heavy atom. The van der Waals surface area contributed by atoms with Crippen molar-refractivity contribution < 1.29 is 39.5 Å². The molecule has 0 atom stereocenters. The first kappa shape index (κ1) is 25.1. The van der Waals surface area contributed by atoms with Gasteiger partial charge in [-0.1, -0.05) is 0 Å². The summed E-state index contributed by atoms with van der Waals surface area (Å²) in [5.41, 5.74) is 0. The predicted octanol–water partition coefficient (Wildman–Crippen LogP) is 1.42. The van der Waals surface area contributed by atoms with Gasteiger partial charge >= 0.3 is 17.6 Å². The molecule has 0 aromatic carbocycles. The zero-order valence-electron chi connectivity index (χ0n) is 15.9. The third-order valence-corrected chi connectivity index (χ3v) is 14.7. The average molecular weight is 421 g/mol. The largest absolute Gasteiger partial charge is 0.527 e. The summed E-state index contributed by atoms with van der Waals surface area (Å²) in [7, 11) is -12.7. The van der Waals surface area contributed by atoms with Crippen LogP contribution in [-0.2, 0) is 36.7 Å². The predicted molar refractivity (Wildman–Crippen MR) is 96.6 cm³/mol. The highest BCUT2D eigenvalue weighted by molar-refractivity contribution is 7.90. The lowest BCUT2D eigenvalue weighted by molar-refractivity contribution is 0.0427. The van der Waals surface area contributed by atoms with Gasteiger partial charge in [-0.2, -0.15) is 8.42 Å². The van der Waals surface area contributed by atoms with E-state index in [0.717, 1.165) is 0 Å². The van der Waals surface area contributed by atoms with Crippen LogP contribution in [0.4, 0.5) is 0 Å². The fourth-order valence-electron chi connectivity index (χ4n) is 2.49. The van der Waals surface area contributed by atoms with Gasteiger partial charge in [0.25, 0.3) is 10.1 Å². The lowest BCUT2D eigenvalue weighted by Gasteiger charge is -2.40. The van der Waals surface area contributed by atoms with E-state index >= 15 is 0 Å². The van der Waals surface area contributed by atoms with Crippen LogP contribution in [0.25, 0.3) is 0 Å². The molecule has 0 bridgehead atoms. The summed E-state index contributed by atoms with van der Waals surface area (Å²) in [6.45, 7) is 10.9. The minimum Gasteiger partial charge on any atom is -0.373 e. The van der Waals surface area contributed by atoms with Gasteiger partial charge in [-0.3, -0.25) is 4.55 Å². The molecule has 0 saturated heterocycles. The minimum atomic E-state index is -4.74. The van der Waals surface area contributed by atoms with Gasteiger partial charge in [0.2, 0.25) is 4.50 Å². The fourth-order valence-corrected chi connectivity index (χ4v) is 13.7. The summed E-state index contributed by atoms with van der Waals surface area (Å²) in [5, 5.41) is 0. The van der Waals surface area contributed by atoms with E-state index in [1.807, 2.05) is 0 Å². The normalized spacial score (nSPS) is 13.6. The van der Waals surface area contributed by atoms with Crippen molar-refractivity contribution in [2.45, 2.75) is 46.0 Å². The van der Waals surface area contributed by atoms with Crippen LogP contribution in [0.5, 0.6) is 0 Å². The van der Waals surface area contributed by atoms with Gasteiger partial charge in [-0.05, 0) is 41.5 Å². The third-order valence-electron chi connectivity index (χ3n) is 3.01. The van der Waals surface area contributed by atoms with Crippen molar-refractivity contribution in [2.75, 3.05) is 39.6 Å². The van der Waals surface area contributed by atoms with E-state index in [1.54, 1.807) is 41.5 Å².